The van der Waals surface area contributed by atoms with E-state index in [0.29, 0.717) is 29.1 Å². The van der Waals surface area contributed by atoms with Gasteiger partial charge in [0, 0.05) is 22.6 Å². The fourth-order valence-corrected chi connectivity index (χ4v) is 4.45. The van der Waals surface area contributed by atoms with Crippen molar-refractivity contribution in [2.75, 3.05) is 6.61 Å². The van der Waals surface area contributed by atoms with Crippen LogP contribution in [0.25, 0.3) is 11.0 Å². The molecule has 0 spiro atoms. The molecule has 1 unspecified atom stereocenters. The molecule has 0 aliphatic carbocycles. The molecule has 0 saturated heterocycles. The van der Waals surface area contributed by atoms with Gasteiger partial charge in [0.25, 0.3) is 0 Å². The summed E-state index contributed by atoms with van der Waals surface area (Å²) in [5.41, 5.74) is 10.4. The topological polar surface area (TPSA) is 108 Å². The quantitative estimate of drug-likeness (QED) is 0.280. The first-order valence-electron chi connectivity index (χ1n) is 11.6. The molecule has 2 N–H and O–H groups in total. The number of furan rings is 1. The number of aryl methyl sites for hydroxylation is 2. The highest BCUT2D eigenvalue weighted by atomic mass is 16.5. The summed E-state index contributed by atoms with van der Waals surface area (Å²) in [6.45, 7) is 6.29. The summed E-state index contributed by atoms with van der Waals surface area (Å²) in [5, 5.41) is 10.7. The van der Waals surface area contributed by atoms with Gasteiger partial charge in [-0.1, -0.05) is 29.8 Å². The van der Waals surface area contributed by atoms with E-state index in [2.05, 4.69) is 6.07 Å². The Balaban J connectivity index is 1.46. The zero-order chi connectivity index (χ0) is 25.4. The molecule has 3 aromatic carbocycles. The van der Waals surface area contributed by atoms with Gasteiger partial charge >= 0.3 is 5.97 Å². The fourth-order valence-electron chi connectivity index (χ4n) is 4.45. The third kappa shape index (κ3) is 4.03. The van der Waals surface area contributed by atoms with Crippen molar-refractivity contribution in [1.29, 1.82) is 5.26 Å². The zero-order valence-corrected chi connectivity index (χ0v) is 20.1. The van der Waals surface area contributed by atoms with E-state index >= 15 is 0 Å². The van der Waals surface area contributed by atoms with Crippen molar-refractivity contribution in [3.8, 4) is 23.3 Å². The Kier molecular flexibility index (Phi) is 5.87. The van der Waals surface area contributed by atoms with Crippen LogP contribution in [-0.4, -0.2) is 12.6 Å². The second-order valence-electron chi connectivity index (χ2n) is 8.57. The number of carbonyl (C=O) groups is 1. The normalized spacial score (nSPS) is 14.7. The molecule has 2 heterocycles. The van der Waals surface area contributed by atoms with Crippen molar-refractivity contribution in [1.82, 2.24) is 0 Å². The molecular weight excluding hydrogens is 456 g/mol. The number of hydrogen-bond donors (Lipinski definition) is 1. The second kappa shape index (κ2) is 9.16. The number of ether oxygens (including phenoxy) is 3. The summed E-state index contributed by atoms with van der Waals surface area (Å²) in [5.74, 6) is 0.536. The van der Waals surface area contributed by atoms with Crippen LogP contribution in [0, 0.1) is 25.2 Å². The van der Waals surface area contributed by atoms with Gasteiger partial charge < -0.3 is 24.4 Å². The lowest BCUT2D eigenvalue weighted by atomic mass is 9.83. The average molecular weight is 481 g/mol. The van der Waals surface area contributed by atoms with Crippen LogP contribution in [-0.2, 0) is 0 Å². The molecule has 0 saturated carbocycles. The average Bonchev–Trinajstić information content (AvgIpc) is 3.19. The fraction of sp³-hybridized carbons (Fsp3) is 0.172. The standard InChI is InChI=1S/C29H24N2O5/c1-4-33-19-8-6-18(7-9-19)26-21-11-10-20(14-25(21)36-28(31)23(26)15-30)34-29(32)27-17(3)22-13-16(2)5-12-24(22)35-27/h5-14,26H,4,31H2,1-3H3. The lowest BCUT2D eigenvalue weighted by Crippen LogP contribution is -2.21. The molecule has 7 nitrogen and oxygen atoms in total. The third-order valence-corrected chi connectivity index (χ3v) is 6.20. The van der Waals surface area contributed by atoms with Crippen LogP contribution in [0.5, 0.6) is 17.2 Å². The number of nitrogens with zero attached hydrogens (tertiary/aromatic N) is 1. The number of fused-ring (bicyclic) bond motifs is 2. The van der Waals surface area contributed by atoms with E-state index in [0.717, 1.165) is 27.8 Å². The lowest BCUT2D eigenvalue weighted by Gasteiger charge is -2.26. The zero-order valence-electron chi connectivity index (χ0n) is 20.1. The van der Waals surface area contributed by atoms with Crippen molar-refractivity contribution in [3.05, 3.63) is 100 Å². The van der Waals surface area contributed by atoms with Crippen molar-refractivity contribution < 1.29 is 23.4 Å². The molecule has 36 heavy (non-hydrogen) atoms. The van der Waals surface area contributed by atoms with E-state index in [-0.39, 0.29) is 17.4 Å². The first-order valence-corrected chi connectivity index (χ1v) is 11.6. The van der Waals surface area contributed by atoms with Crippen LogP contribution < -0.4 is 19.9 Å². The number of carbonyl (C=O) groups excluding carboxylic acids is 1. The Morgan fingerprint density at radius 1 is 1.06 bits per heavy atom. The minimum Gasteiger partial charge on any atom is -0.494 e. The van der Waals surface area contributed by atoms with E-state index in [4.69, 9.17) is 24.4 Å². The van der Waals surface area contributed by atoms with Crippen molar-refractivity contribution >= 4 is 16.9 Å². The van der Waals surface area contributed by atoms with E-state index in [9.17, 15) is 10.1 Å². The number of nitrogens with two attached hydrogens (primary N) is 1. The van der Waals surface area contributed by atoms with Gasteiger partial charge in [-0.2, -0.15) is 5.26 Å². The van der Waals surface area contributed by atoms with Gasteiger partial charge in [0.15, 0.2) is 0 Å². The Hall–Kier alpha value is -4.70. The van der Waals surface area contributed by atoms with Gasteiger partial charge in [0.1, 0.15) is 34.5 Å². The molecule has 4 aromatic rings. The van der Waals surface area contributed by atoms with Crippen LogP contribution in [0.1, 0.15) is 45.7 Å². The summed E-state index contributed by atoms with van der Waals surface area (Å²) >= 11 is 0. The second-order valence-corrected chi connectivity index (χ2v) is 8.57. The molecule has 5 rings (SSSR count). The summed E-state index contributed by atoms with van der Waals surface area (Å²) in [6.07, 6.45) is 0. The molecule has 180 valence electrons. The van der Waals surface area contributed by atoms with Crippen LogP contribution in [0.4, 0.5) is 0 Å². The molecule has 1 aliphatic heterocycles. The van der Waals surface area contributed by atoms with Gasteiger partial charge in [0.2, 0.25) is 11.6 Å². The molecule has 1 atom stereocenters. The lowest BCUT2D eigenvalue weighted by molar-refractivity contribution is 0.0702. The first-order chi connectivity index (χ1) is 17.4. The highest BCUT2D eigenvalue weighted by Gasteiger charge is 2.31. The van der Waals surface area contributed by atoms with E-state index in [1.54, 1.807) is 18.2 Å². The molecule has 0 bridgehead atoms. The minimum absolute atomic E-state index is 0.0101. The monoisotopic (exact) mass is 480 g/mol. The smallest absolute Gasteiger partial charge is 0.379 e. The summed E-state index contributed by atoms with van der Waals surface area (Å²) in [4.78, 5) is 12.9. The maximum Gasteiger partial charge on any atom is 0.379 e. The predicted octanol–water partition coefficient (Wildman–Crippen LogP) is 5.89. The summed E-state index contributed by atoms with van der Waals surface area (Å²) in [6, 6.07) is 20.5. The molecule has 0 amide bonds. The highest BCUT2D eigenvalue weighted by molar-refractivity contribution is 5.97. The third-order valence-electron chi connectivity index (χ3n) is 6.20. The SMILES string of the molecule is CCOc1ccc(C2C(C#N)=C(N)Oc3cc(OC(=O)c4oc5ccc(C)cc5c4C)ccc32)cc1. The van der Waals surface area contributed by atoms with Crippen molar-refractivity contribution in [2.24, 2.45) is 5.73 Å². The highest BCUT2D eigenvalue weighted by Crippen LogP contribution is 2.43. The molecule has 1 aromatic heterocycles. The van der Waals surface area contributed by atoms with E-state index in [1.165, 1.54) is 0 Å². The molecule has 7 heteroatoms. The number of nitriles is 1. The van der Waals surface area contributed by atoms with Gasteiger partial charge in [-0.3, -0.25) is 0 Å². The molecule has 1 aliphatic rings. The van der Waals surface area contributed by atoms with Crippen LogP contribution in [0.3, 0.4) is 0 Å². The Morgan fingerprint density at radius 2 is 1.81 bits per heavy atom. The maximum absolute atomic E-state index is 12.9. The summed E-state index contributed by atoms with van der Waals surface area (Å²) in [7, 11) is 0. The number of esters is 1. The molecular formula is C29H24N2O5. The van der Waals surface area contributed by atoms with Gasteiger partial charge in [0.05, 0.1) is 12.5 Å². The van der Waals surface area contributed by atoms with Crippen molar-refractivity contribution in [3.63, 3.8) is 0 Å². The predicted molar refractivity (Wildman–Crippen MR) is 134 cm³/mol. The van der Waals surface area contributed by atoms with Gasteiger partial charge in [-0.05, 0) is 56.7 Å². The Morgan fingerprint density at radius 3 is 2.53 bits per heavy atom. The Bertz CT molecular complexity index is 1560. The molecule has 0 radical (unpaired) electrons. The number of benzene rings is 3. The Labute approximate surface area is 208 Å². The largest absolute Gasteiger partial charge is 0.494 e. The van der Waals surface area contributed by atoms with Gasteiger partial charge in [-0.25, -0.2) is 4.79 Å². The van der Waals surface area contributed by atoms with Crippen molar-refractivity contribution in [2.45, 2.75) is 26.7 Å². The number of hydrogen-bond acceptors (Lipinski definition) is 7. The van der Waals surface area contributed by atoms with Crippen LogP contribution >= 0.6 is 0 Å². The van der Waals surface area contributed by atoms with E-state index < -0.39 is 11.9 Å². The van der Waals surface area contributed by atoms with Crippen LogP contribution in [0.2, 0.25) is 0 Å². The first kappa shape index (κ1) is 23.1. The minimum atomic E-state index is -0.610. The van der Waals surface area contributed by atoms with Gasteiger partial charge in [-0.15, -0.1) is 0 Å². The number of rotatable bonds is 5. The van der Waals surface area contributed by atoms with Crippen LogP contribution in [0.15, 0.2) is 76.5 Å². The summed E-state index contributed by atoms with van der Waals surface area (Å²) < 4.78 is 22.7. The maximum atomic E-state index is 12.9. The molecule has 0 fully saturated rings. The van der Waals surface area contributed by atoms with E-state index in [1.807, 2.05) is 63.2 Å². The number of allylic oxidation sites excluding steroid dienone is 1.